The standard InChI is InChI=1S/C24H32N8O3/c1-14-21(25)24(13-35-14)6-9-31(10-7-24)18-12-28-20(22(26)30-18)23(27)32-8-2-3-16-17(32)5-4-15(29-16)11-19(33)34/h4-5,12,14,21,27H,2-3,6-11,13,25H2,1H3,(H2,26,30)(H,33,34)/t14-,21+/m0/s1. The van der Waals surface area contributed by atoms with Crippen LogP contribution in [0.3, 0.4) is 0 Å². The zero-order chi connectivity index (χ0) is 24.7. The van der Waals surface area contributed by atoms with Gasteiger partial charge in [-0.1, -0.05) is 0 Å². The van der Waals surface area contributed by atoms with Crippen molar-refractivity contribution in [3.8, 4) is 0 Å². The number of hydrogen-bond acceptors (Lipinski definition) is 9. The Hall–Kier alpha value is -3.31. The highest BCUT2D eigenvalue weighted by atomic mass is 16.5. The lowest BCUT2D eigenvalue weighted by Gasteiger charge is -2.41. The van der Waals surface area contributed by atoms with Crippen LogP contribution in [0.15, 0.2) is 18.3 Å². The van der Waals surface area contributed by atoms with Gasteiger partial charge < -0.3 is 31.1 Å². The summed E-state index contributed by atoms with van der Waals surface area (Å²) in [7, 11) is 0. The summed E-state index contributed by atoms with van der Waals surface area (Å²) in [5.74, 6) is 0.160. The number of carbonyl (C=O) groups is 1. The molecule has 3 aliphatic heterocycles. The second-order valence-electron chi connectivity index (χ2n) is 9.80. The number of fused-ring (bicyclic) bond motifs is 1. The summed E-state index contributed by atoms with van der Waals surface area (Å²) in [6.45, 7) is 4.98. The molecule has 0 amide bonds. The quantitative estimate of drug-likeness (QED) is 0.368. The van der Waals surface area contributed by atoms with Crippen LogP contribution in [0.4, 0.5) is 17.3 Å². The summed E-state index contributed by atoms with van der Waals surface area (Å²) in [6.07, 6.45) is 5.03. The largest absolute Gasteiger partial charge is 0.481 e. The van der Waals surface area contributed by atoms with E-state index >= 15 is 0 Å². The molecule has 2 atom stereocenters. The SMILES string of the molecule is C[C@@H]1OCC2(CCN(c3cnc(C(=N)N4CCCc5nc(CC(=O)O)ccc54)c(N)n3)CC2)[C@@H]1N. The molecule has 6 N–H and O–H groups in total. The minimum Gasteiger partial charge on any atom is -0.481 e. The smallest absolute Gasteiger partial charge is 0.309 e. The van der Waals surface area contributed by atoms with E-state index in [1.54, 1.807) is 12.3 Å². The Bertz CT molecular complexity index is 1150. The number of rotatable bonds is 4. The molecule has 2 aromatic heterocycles. The maximum absolute atomic E-state index is 11.0. The maximum atomic E-state index is 11.0. The lowest BCUT2D eigenvalue weighted by atomic mass is 9.73. The van der Waals surface area contributed by atoms with Gasteiger partial charge in [0.2, 0.25) is 0 Å². The molecule has 0 aliphatic carbocycles. The van der Waals surface area contributed by atoms with Crippen LogP contribution in [0.2, 0.25) is 0 Å². The van der Waals surface area contributed by atoms with E-state index in [1.807, 2.05) is 17.9 Å². The zero-order valence-corrected chi connectivity index (χ0v) is 19.9. The van der Waals surface area contributed by atoms with Crippen molar-refractivity contribution in [2.75, 3.05) is 41.8 Å². The molecule has 0 radical (unpaired) electrons. The molecule has 0 aromatic carbocycles. The van der Waals surface area contributed by atoms with E-state index in [2.05, 4.69) is 19.9 Å². The van der Waals surface area contributed by atoms with Crippen LogP contribution in [0.1, 0.15) is 43.3 Å². The van der Waals surface area contributed by atoms with E-state index in [0.29, 0.717) is 30.4 Å². The van der Waals surface area contributed by atoms with E-state index in [0.717, 1.165) is 50.2 Å². The van der Waals surface area contributed by atoms with E-state index in [4.69, 9.17) is 26.7 Å². The first-order valence-corrected chi connectivity index (χ1v) is 12.1. The molecule has 11 heteroatoms. The number of nitrogens with one attached hydrogen (secondary N) is 1. The summed E-state index contributed by atoms with van der Waals surface area (Å²) in [6, 6.07) is 3.57. The van der Waals surface area contributed by atoms with Gasteiger partial charge in [-0.05, 0) is 44.7 Å². The molecule has 5 heterocycles. The number of aliphatic carboxylic acids is 1. The molecule has 2 aromatic rings. The number of aryl methyl sites for hydroxylation is 1. The molecule has 5 rings (SSSR count). The Morgan fingerprint density at radius 2 is 2.06 bits per heavy atom. The molecule has 35 heavy (non-hydrogen) atoms. The van der Waals surface area contributed by atoms with Gasteiger partial charge in [0.1, 0.15) is 11.5 Å². The molecule has 0 saturated carbocycles. The van der Waals surface area contributed by atoms with Crippen molar-refractivity contribution in [3.05, 3.63) is 35.4 Å². The van der Waals surface area contributed by atoms with Crippen molar-refractivity contribution < 1.29 is 14.6 Å². The van der Waals surface area contributed by atoms with E-state index in [9.17, 15) is 4.79 Å². The van der Waals surface area contributed by atoms with Gasteiger partial charge in [-0.3, -0.25) is 15.2 Å². The molecule has 11 nitrogen and oxygen atoms in total. The molecule has 0 unspecified atom stereocenters. The first kappa shape index (κ1) is 23.4. The third-order valence-corrected chi connectivity index (χ3v) is 7.64. The highest BCUT2D eigenvalue weighted by molar-refractivity contribution is 6.09. The monoisotopic (exact) mass is 480 g/mol. The molecule has 186 valence electrons. The fourth-order valence-electron chi connectivity index (χ4n) is 5.49. The van der Waals surface area contributed by atoms with Crippen molar-refractivity contribution in [2.45, 2.75) is 51.2 Å². The highest BCUT2D eigenvalue weighted by Gasteiger charge is 2.47. The number of ether oxygens (including phenoxy) is 1. The van der Waals surface area contributed by atoms with Gasteiger partial charge in [0, 0.05) is 31.1 Å². The zero-order valence-electron chi connectivity index (χ0n) is 19.9. The van der Waals surface area contributed by atoms with Crippen LogP contribution < -0.4 is 21.3 Å². The number of nitrogens with zero attached hydrogens (tertiary/aromatic N) is 5. The second kappa shape index (κ2) is 9.04. The van der Waals surface area contributed by atoms with Crippen molar-refractivity contribution in [1.82, 2.24) is 15.0 Å². The Morgan fingerprint density at radius 3 is 2.71 bits per heavy atom. The van der Waals surface area contributed by atoms with Gasteiger partial charge in [0.25, 0.3) is 0 Å². The Morgan fingerprint density at radius 1 is 1.29 bits per heavy atom. The number of carboxylic acids is 1. The highest BCUT2D eigenvalue weighted by Crippen LogP contribution is 2.41. The average Bonchev–Trinajstić information content (AvgIpc) is 3.11. The Labute approximate surface area is 204 Å². The topological polar surface area (TPSA) is 168 Å². The van der Waals surface area contributed by atoms with Crippen LogP contribution in [-0.2, 0) is 22.4 Å². The van der Waals surface area contributed by atoms with Crippen LogP contribution in [0.25, 0.3) is 0 Å². The average molecular weight is 481 g/mol. The van der Waals surface area contributed by atoms with Crippen molar-refractivity contribution in [3.63, 3.8) is 0 Å². The number of pyridine rings is 1. The number of aromatic nitrogens is 3. The lowest BCUT2D eigenvalue weighted by Crippen LogP contribution is -2.50. The summed E-state index contributed by atoms with van der Waals surface area (Å²) in [5.41, 5.74) is 15.2. The minimum absolute atomic E-state index is 0.0248. The number of nitrogens with two attached hydrogens (primary N) is 2. The fourth-order valence-corrected chi connectivity index (χ4v) is 5.49. The van der Waals surface area contributed by atoms with Crippen LogP contribution >= 0.6 is 0 Å². The second-order valence-corrected chi connectivity index (χ2v) is 9.80. The van der Waals surface area contributed by atoms with Crippen molar-refractivity contribution in [2.24, 2.45) is 11.1 Å². The predicted molar refractivity (Wildman–Crippen MR) is 132 cm³/mol. The van der Waals surface area contributed by atoms with Gasteiger partial charge in [0.15, 0.2) is 11.7 Å². The normalized spacial score (nSPS) is 23.4. The minimum atomic E-state index is -0.918. The van der Waals surface area contributed by atoms with Crippen molar-refractivity contribution in [1.29, 1.82) is 5.41 Å². The van der Waals surface area contributed by atoms with Gasteiger partial charge in [-0.2, -0.15) is 0 Å². The van der Waals surface area contributed by atoms with Gasteiger partial charge in [0.05, 0.1) is 42.4 Å². The number of anilines is 3. The van der Waals surface area contributed by atoms with Gasteiger partial charge in [-0.25, -0.2) is 9.97 Å². The Kier molecular flexibility index (Phi) is 6.06. The van der Waals surface area contributed by atoms with Crippen LogP contribution in [0.5, 0.6) is 0 Å². The van der Waals surface area contributed by atoms with E-state index in [1.165, 1.54) is 0 Å². The predicted octanol–water partition coefficient (Wildman–Crippen LogP) is 1.19. The van der Waals surface area contributed by atoms with Crippen LogP contribution in [0, 0.1) is 10.8 Å². The first-order valence-electron chi connectivity index (χ1n) is 12.1. The van der Waals surface area contributed by atoms with Crippen molar-refractivity contribution >= 4 is 29.1 Å². The molecule has 1 spiro atoms. The first-order chi connectivity index (χ1) is 16.8. The molecule has 0 bridgehead atoms. The van der Waals surface area contributed by atoms with E-state index < -0.39 is 5.97 Å². The summed E-state index contributed by atoms with van der Waals surface area (Å²) < 4.78 is 5.82. The van der Waals surface area contributed by atoms with E-state index in [-0.39, 0.29) is 35.6 Å². The molecule has 2 saturated heterocycles. The summed E-state index contributed by atoms with van der Waals surface area (Å²) in [5, 5.41) is 17.9. The number of carboxylic acid groups (broad SMARTS) is 1. The third kappa shape index (κ3) is 4.30. The summed E-state index contributed by atoms with van der Waals surface area (Å²) >= 11 is 0. The third-order valence-electron chi connectivity index (χ3n) is 7.64. The fraction of sp³-hybridized carbons (Fsp3) is 0.542. The molecular formula is C24H32N8O3. The Balaban J connectivity index is 1.31. The van der Waals surface area contributed by atoms with Gasteiger partial charge >= 0.3 is 5.97 Å². The number of hydrogen-bond donors (Lipinski definition) is 4. The number of piperidine rings is 1. The molecule has 3 aliphatic rings. The molecule has 2 fully saturated rings. The lowest BCUT2D eigenvalue weighted by molar-refractivity contribution is -0.136. The van der Waals surface area contributed by atoms with Gasteiger partial charge in [-0.15, -0.1) is 0 Å². The number of amidine groups is 1. The number of nitrogen functional groups attached to an aromatic ring is 1. The summed E-state index contributed by atoms with van der Waals surface area (Å²) in [4.78, 5) is 28.7. The maximum Gasteiger partial charge on any atom is 0.309 e. The molecular weight excluding hydrogens is 448 g/mol. The van der Waals surface area contributed by atoms with Crippen LogP contribution in [-0.4, -0.2) is 70.3 Å².